The van der Waals surface area contributed by atoms with Crippen LogP contribution in [0.3, 0.4) is 0 Å². The maximum atomic E-state index is 13.0. The monoisotopic (exact) mass is 491 g/mol. The topological polar surface area (TPSA) is 114 Å². The number of hydrogen-bond donors (Lipinski definition) is 1. The molecule has 1 N–H and O–H groups in total. The third-order valence-electron chi connectivity index (χ3n) is 4.73. The summed E-state index contributed by atoms with van der Waals surface area (Å²) >= 11 is 0.977. The second-order valence-corrected chi connectivity index (χ2v) is 9.86. The van der Waals surface area contributed by atoms with Gasteiger partial charge >= 0.3 is 0 Å². The first-order valence-corrected chi connectivity index (χ1v) is 12.5. The Morgan fingerprint density at radius 3 is 2.45 bits per heavy atom. The van der Waals surface area contributed by atoms with Crippen molar-refractivity contribution in [1.29, 1.82) is 0 Å². The number of ether oxygens (including phenoxy) is 2. The third-order valence-corrected chi connectivity index (χ3v) is 7.31. The zero-order chi connectivity index (χ0) is 23.8. The fourth-order valence-electron chi connectivity index (χ4n) is 3.08. The van der Waals surface area contributed by atoms with Crippen molar-refractivity contribution in [2.45, 2.75) is 23.0 Å². The van der Waals surface area contributed by atoms with E-state index in [0.29, 0.717) is 24.5 Å². The Labute approximate surface area is 197 Å². The van der Waals surface area contributed by atoms with Crippen molar-refractivity contribution in [2.24, 2.45) is 4.40 Å². The van der Waals surface area contributed by atoms with E-state index in [4.69, 9.17) is 9.47 Å². The van der Waals surface area contributed by atoms with Gasteiger partial charge in [0.05, 0.1) is 12.0 Å². The minimum Gasteiger partial charge on any atom is -0.497 e. The molecule has 33 heavy (non-hydrogen) atoms. The molecule has 176 valence electrons. The number of carbonyl (C=O) groups excluding carboxylic acids is 2. The summed E-state index contributed by atoms with van der Waals surface area (Å²) in [5, 5.41) is 2.02. The van der Waals surface area contributed by atoms with Gasteiger partial charge in [-0.2, -0.15) is 8.42 Å². The predicted octanol–water partition coefficient (Wildman–Crippen LogP) is 2.75. The summed E-state index contributed by atoms with van der Waals surface area (Å²) in [6.45, 7) is 0.634. The van der Waals surface area contributed by atoms with Gasteiger partial charge in [-0.05, 0) is 42.8 Å². The second kappa shape index (κ2) is 11.3. The molecule has 2 aromatic carbocycles. The summed E-state index contributed by atoms with van der Waals surface area (Å²) in [7, 11) is -0.917. The molecular weight excluding hydrogens is 466 g/mol. The molecule has 11 heteroatoms. The minimum absolute atomic E-state index is 0.0306. The molecule has 0 radical (unpaired) electrons. The molecule has 1 heterocycles. The molecule has 1 aliphatic heterocycles. The number of sulfonamides is 1. The van der Waals surface area contributed by atoms with E-state index in [2.05, 4.69) is 9.71 Å². The lowest BCUT2D eigenvalue weighted by molar-refractivity contribution is -0.128. The van der Waals surface area contributed by atoms with Crippen molar-refractivity contribution in [3.63, 3.8) is 0 Å². The number of hydrogen-bond acceptors (Lipinski definition) is 7. The molecule has 0 spiro atoms. The van der Waals surface area contributed by atoms with Crippen LogP contribution in [0.5, 0.6) is 5.75 Å². The van der Waals surface area contributed by atoms with Gasteiger partial charge in [-0.1, -0.05) is 30.0 Å². The van der Waals surface area contributed by atoms with Crippen LogP contribution in [0.25, 0.3) is 0 Å². The van der Waals surface area contributed by atoms with Crippen molar-refractivity contribution in [2.75, 3.05) is 32.7 Å². The molecule has 1 atom stereocenters. The highest BCUT2D eigenvalue weighted by Gasteiger charge is 2.40. The molecular formula is C22H25N3O6S2. The van der Waals surface area contributed by atoms with E-state index in [1.807, 2.05) is 0 Å². The van der Waals surface area contributed by atoms with E-state index in [1.165, 1.54) is 17.0 Å². The summed E-state index contributed by atoms with van der Waals surface area (Å²) in [6, 6.07) is 14.6. The lowest BCUT2D eigenvalue weighted by Gasteiger charge is -2.16. The smallest absolute Gasteiger partial charge is 0.284 e. The zero-order valence-electron chi connectivity index (χ0n) is 18.3. The average Bonchev–Trinajstić information content (AvgIpc) is 3.08. The summed E-state index contributed by atoms with van der Waals surface area (Å²) in [5.41, 5.74) is 0.564. The minimum atomic E-state index is -4.01. The number of nitrogens with one attached hydrogen (secondary N) is 1. The van der Waals surface area contributed by atoms with Gasteiger partial charge in [0.25, 0.3) is 10.0 Å². The molecule has 0 saturated carbocycles. The van der Waals surface area contributed by atoms with Crippen LogP contribution in [0.15, 0.2) is 63.9 Å². The highest BCUT2D eigenvalue weighted by Crippen LogP contribution is 2.31. The number of amidine groups is 1. The Morgan fingerprint density at radius 2 is 1.82 bits per heavy atom. The van der Waals surface area contributed by atoms with Crippen LogP contribution in [0.1, 0.15) is 12.8 Å². The maximum absolute atomic E-state index is 13.0. The summed E-state index contributed by atoms with van der Waals surface area (Å²) < 4.78 is 39.5. The van der Waals surface area contributed by atoms with E-state index in [9.17, 15) is 18.0 Å². The molecule has 0 aromatic heterocycles. The average molecular weight is 492 g/mol. The number of benzene rings is 2. The van der Waals surface area contributed by atoms with Crippen LogP contribution < -0.4 is 10.1 Å². The zero-order valence-corrected chi connectivity index (χ0v) is 19.9. The van der Waals surface area contributed by atoms with Gasteiger partial charge in [0.1, 0.15) is 11.0 Å². The Kier molecular flexibility index (Phi) is 8.48. The van der Waals surface area contributed by atoms with Crippen molar-refractivity contribution >= 4 is 44.5 Å². The van der Waals surface area contributed by atoms with Gasteiger partial charge < -0.3 is 14.8 Å². The molecule has 2 aromatic rings. The van der Waals surface area contributed by atoms with E-state index >= 15 is 0 Å². The number of carbonyl (C=O) groups is 2. The second-order valence-electron chi connectivity index (χ2n) is 7.09. The third kappa shape index (κ3) is 6.56. The Bertz CT molecular complexity index is 1100. The normalized spacial score (nSPS) is 17.4. The first kappa shape index (κ1) is 24.7. The van der Waals surface area contributed by atoms with Crippen LogP contribution >= 0.6 is 11.8 Å². The highest BCUT2D eigenvalue weighted by atomic mass is 32.2. The van der Waals surface area contributed by atoms with Crippen LogP contribution in [0.2, 0.25) is 0 Å². The Balaban J connectivity index is 1.76. The van der Waals surface area contributed by atoms with Gasteiger partial charge in [-0.25, -0.2) is 0 Å². The van der Waals surface area contributed by atoms with Gasteiger partial charge in [0, 0.05) is 32.4 Å². The molecule has 1 unspecified atom stereocenters. The number of anilines is 1. The highest BCUT2D eigenvalue weighted by molar-refractivity contribution is 8.16. The number of nitrogens with zero attached hydrogens (tertiary/aromatic N) is 2. The van der Waals surface area contributed by atoms with Crippen LogP contribution in [-0.4, -0.2) is 62.9 Å². The fraction of sp³-hybridized carbons (Fsp3) is 0.318. The molecule has 3 rings (SSSR count). The summed E-state index contributed by atoms with van der Waals surface area (Å²) in [4.78, 5) is 26.9. The molecule has 1 saturated heterocycles. The van der Waals surface area contributed by atoms with Crippen molar-refractivity contribution in [1.82, 2.24) is 4.90 Å². The lowest BCUT2D eigenvalue weighted by Crippen LogP contribution is -2.35. The molecule has 9 nitrogen and oxygen atoms in total. The quantitative estimate of drug-likeness (QED) is 0.508. The first-order valence-electron chi connectivity index (χ1n) is 10.1. The predicted molar refractivity (Wildman–Crippen MR) is 127 cm³/mol. The van der Waals surface area contributed by atoms with Gasteiger partial charge in [-0.15, -0.1) is 4.40 Å². The fourth-order valence-corrected chi connectivity index (χ4v) is 5.49. The molecule has 0 bridgehead atoms. The molecule has 0 aliphatic carbocycles. The summed E-state index contributed by atoms with van der Waals surface area (Å²) in [5.74, 6) is -0.0697. The maximum Gasteiger partial charge on any atom is 0.284 e. The largest absolute Gasteiger partial charge is 0.497 e. The Morgan fingerprint density at radius 1 is 1.12 bits per heavy atom. The first-order chi connectivity index (χ1) is 15.8. The lowest BCUT2D eigenvalue weighted by atomic mass is 10.2. The van der Waals surface area contributed by atoms with Crippen molar-refractivity contribution < 1.29 is 27.5 Å². The van der Waals surface area contributed by atoms with E-state index in [-0.39, 0.29) is 34.8 Å². The van der Waals surface area contributed by atoms with Crippen LogP contribution in [0, 0.1) is 0 Å². The van der Waals surface area contributed by atoms with Crippen LogP contribution in [0.4, 0.5) is 5.69 Å². The number of methoxy groups -OCH3 is 2. The Hall–Kier alpha value is -2.89. The number of amides is 2. The standard InChI is InChI=1S/C22H25N3O6S2/c1-30-14-6-13-25-21(27)19(15-20(26)23-16-9-11-17(31-2)12-10-16)32-22(25)24-33(28,29)18-7-4-3-5-8-18/h3-5,7-12,19H,6,13-15H2,1-2H3,(H,23,26)/b24-22+. The summed E-state index contributed by atoms with van der Waals surface area (Å²) in [6.07, 6.45) is 0.374. The molecule has 2 amide bonds. The van der Waals surface area contributed by atoms with E-state index < -0.39 is 15.3 Å². The van der Waals surface area contributed by atoms with Gasteiger partial charge in [0.2, 0.25) is 11.8 Å². The van der Waals surface area contributed by atoms with Crippen LogP contribution in [-0.2, 0) is 24.3 Å². The van der Waals surface area contributed by atoms with E-state index in [1.54, 1.807) is 56.7 Å². The van der Waals surface area contributed by atoms with Gasteiger partial charge in [0.15, 0.2) is 5.17 Å². The number of rotatable bonds is 10. The van der Waals surface area contributed by atoms with Crippen molar-refractivity contribution in [3.05, 3.63) is 54.6 Å². The van der Waals surface area contributed by atoms with Crippen molar-refractivity contribution in [3.8, 4) is 5.75 Å². The molecule has 1 fully saturated rings. The SMILES string of the molecule is COCCCN1C(=O)C(CC(=O)Nc2ccc(OC)cc2)S/C1=N/S(=O)(=O)c1ccccc1. The van der Waals surface area contributed by atoms with Gasteiger partial charge in [-0.3, -0.25) is 14.5 Å². The molecule has 1 aliphatic rings. The number of thioether (sulfide) groups is 1. The van der Waals surface area contributed by atoms with E-state index in [0.717, 1.165) is 11.8 Å².